The Morgan fingerprint density at radius 2 is 1.90 bits per heavy atom. The van der Waals surface area contributed by atoms with Crippen LogP contribution in [0.15, 0.2) is 36.5 Å². The minimum atomic E-state index is -0.470. The van der Waals surface area contributed by atoms with Crippen LogP contribution in [0.25, 0.3) is 0 Å². The average molecular weight is 412 g/mol. The first kappa shape index (κ1) is 21.2. The lowest BCUT2D eigenvalue weighted by molar-refractivity contribution is -0.385. The predicted octanol–water partition coefficient (Wildman–Crippen LogP) is 2.83. The number of rotatable bonds is 5. The molecule has 1 fully saturated rings. The second-order valence-electron chi connectivity index (χ2n) is 7.02. The number of amides is 1. The molecule has 1 amide bonds. The van der Waals surface area contributed by atoms with Crippen molar-refractivity contribution in [1.82, 2.24) is 9.88 Å². The summed E-state index contributed by atoms with van der Waals surface area (Å²) in [6.07, 6.45) is 2.23. The maximum Gasteiger partial charge on any atom is 0.339 e. The van der Waals surface area contributed by atoms with E-state index < -0.39 is 10.9 Å². The highest BCUT2D eigenvalue weighted by atomic mass is 16.6. The normalized spacial score (nSPS) is 14.2. The molecule has 9 nitrogen and oxygen atoms in total. The number of nitro benzene ring substituents is 1. The SMILES string of the molecule is CCOC(=O)c1ccc(N2CCCN(C(=O)c3ccc(C)c([N+](=O)[O-])c3)CC2)nc1. The van der Waals surface area contributed by atoms with Crippen molar-refractivity contribution in [3.63, 3.8) is 0 Å². The molecule has 1 aromatic heterocycles. The molecule has 2 aromatic rings. The first-order valence-corrected chi connectivity index (χ1v) is 9.83. The number of nitro groups is 1. The number of carbonyl (C=O) groups is 2. The lowest BCUT2D eigenvalue weighted by Gasteiger charge is -2.23. The van der Waals surface area contributed by atoms with E-state index >= 15 is 0 Å². The largest absolute Gasteiger partial charge is 0.462 e. The Bertz CT molecular complexity index is 945. The summed E-state index contributed by atoms with van der Waals surface area (Å²) < 4.78 is 4.97. The summed E-state index contributed by atoms with van der Waals surface area (Å²) >= 11 is 0. The first-order valence-electron chi connectivity index (χ1n) is 9.83. The fraction of sp³-hybridized carbons (Fsp3) is 0.381. The second-order valence-corrected chi connectivity index (χ2v) is 7.02. The molecule has 0 aliphatic carbocycles. The third-order valence-electron chi connectivity index (χ3n) is 5.02. The fourth-order valence-corrected chi connectivity index (χ4v) is 3.38. The van der Waals surface area contributed by atoms with Crippen LogP contribution in [0.2, 0.25) is 0 Å². The van der Waals surface area contributed by atoms with E-state index in [2.05, 4.69) is 9.88 Å². The number of pyridine rings is 1. The summed E-state index contributed by atoms with van der Waals surface area (Å²) in [7, 11) is 0. The second kappa shape index (κ2) is 9.34. The van der Waals surface area contributed by atoms with E-state index in [4.69, 9.17) is 4.74 Å². The van der Waals surface area contributed by atoms with Crippen LogP contribution in [0.1, 0.15) is 39.6 Å². The molecular weight excluding hydrogens is 388 g/mol. The summed E-state index contributed by atoms with van der Waals surface area (Å²) in [6, 6.07) is 8.02. The number of aromatic nitrogens is 1. The van der Waals surface area contributed by atoms with Gasteiger partial charge in [-0.3, -0.25) is 14.9 Å². The summed E-state index contributed by atoms with van der Waals surface area (Å²) in [6.45, 7) is 6.02. The monoisotopic (exact) mass is 412 g/mol. The van der Waals surface area contributed by atoms with Crippen LogP contribution in [0.3, 0.4) is 0 Å². The third-order valence-corrected chi connectivity index (χ3v) is 5.02. The Morgan fingerprint density at radius 3 is 2.57 bits per heavy atom. The van der Waals surface area contributed by atoms with Gasteiger partial charge in [0.2, 0.25) is 0 Å². The van der Waals surface area contributed by atoms with Crippen molar-refractivity contribution in [2.75, 3.05) is 37.7 Å². The van der Waals surface area contributed by atoms with Crippen LogP contribution >= 0.6 is 0 Å². The van der Waals surface area contributed by atoms with Crippen molar-refractivity contribution in [1.29, 1.82) is 0 Å². The molecule has 30 heavy (non-hydrogen) atoms. The van der Waals surface area contributed by atoms with Crippen LogP contribution in [0.5, 0.6) is 0 Å². The first-order chi connectivity index (χ1) is 14.4. The van der Waals surface area contributed by atoms with Gasteiger partial charge in [0.15, 0.2) is 0 Å². The van der Waals surface area contributed by atoms with Crippen molar-refractivity contribution in [3.8, 4) is 0 Å². The van der Waals surface area contributed by atoms with E-state index in [1.807, 2.05) is 0 Å². The van der Waals surface area contributed by atoms with E-state index in [9.17, 15) is 19.7 Å². The van der Waals surface area contributed by atoms with Gasteiger partial charge in [-0.05, 0) is 38.5 Å². The molecule has 1 aliphatic rings. The van der Waals surface area contributed by atoms with Crippen LogP contribution < -0.4 is 4.90 Å². The number of hydrogen-bond donors (Lipinski definition) is 0. The minimum Gasteiger partial charge on any atom is -0.462 e. The van der Waals surface area contributed by atoms with Crippen molar-refractivity contribution in [2.24, 2.45) is 0 Å². The maximum atomic E-state index is 12.9. The Morgan fingerprint density at radius 1 is 1.13 bits per heavy atom. The third kappa shape index (κ3) is 4.73. The Balaban J connectivity index is 1.67. The topological polar surface area (TPSA) is 106 Å². The van der Waals surface area contributed by atoms with Gasteiger partial charge in [0, 0.05) is 49.6 Å². The molecule has 0 saturated carbocycles. The lowest BCUT2D eigenvalue weighted by atomic mass is 10.1. The number of aryl methyl sites for hydroxylation is 1. The molecule has 3 rings (SSSR count). The van der Waals surface area contributed by atoms with Crippen molar-refractivity contribution in [3.05, 3.63) is 63.3 Å². The number of nitrogens with zero attached hydrogens (tertiary/aromatic N) is 4. The van der Waals surface area contributed by atoms with Crippen LogP contribution in [0, 0.1) is 17.0 Å². The fourth-order valence-electron chi connectivity index (χ4n) is 3.38. The zero-order chi connectivity index (χ0) is 21.7. The van der Waals surface area contributed by atoms with E-state index in [-0.39, 0.29) is 11.6 Å². The summed E-state index contributed by atoms with van der Waals surface area (Å²) in [5.74, 6) is 0.102. The Labute approximate surface area is 174 Å². The van der Waals surface area contributed by atoms with Gasteiger partial charge < -0.3 is 14.5 Å². The van der Waals surface area contributed by atoms with Gasteiger partial charge in [0.05, 0.1) is 17.1 Å². The standard InChI is InChI=1S/C21H24N4O5/c1-3-30-21(27)17-7-8-19(22-14-17)23-9-4-10-24(12-11-23)20(26)16-6-5-15(2)18(13-16)25(28)29/h5-8,13-14H,3-4,9-12H2,1-2H3. The van der Waals surface area contributed by atoms with E-state index in [0.717, 1.165) is 12.2 Å². The van der Waals surface area contributed by atoms with E-state index in [1.165, 1.54) is 12.3 Å². The molecule has 0 unspecified atom stereocenters. The molecule has 0 N–H and O–H groups in total. The number of hydrogen-bond acceptors (Lipinski definition) is 7. The Kier molecular flexibility index (Phi) is 6.61. The lowest BCUT2D eigenvalue weighted by Crippen LogP contribution is -2.35. The van der Waals surface area contributed by atoms with E-state index in [0.29, 0.717) is 49.5 Å². The van der Waals surface area contributed by atoms with Gasteiger partial charge in [-0.2, -0.15) is 0 Å². The van der Waals surface area contributed by atoms with Gasteiger partial charge in [0.25, 0.3) is 11.6 Å². The molecular formula is C21H24N4O5. The zero-order valence-corrected chi connectivity index (χ0v) is 17.0. The summed E-state index contributed by atoms with van der Waals surface area (Å²) in [5, 5.41) is 11.2. The van der Waals surface area contributed by atoms with E-state index in [1.54, 1.807) is 43.0 Å². The number of anilines is 1. The van der Waals surface area contributed by atoms with Gasteiger partial charge >= 0.3 is 5.97 Å². The molecule has 9 heteroatoms. The Hall–Kier alpha value is -3.49. The van der Waals surface area contributed by atoms with Crippen molar-refractivity contribution in [2.45, 2.75) is 20.3 Å². The molecule has 1 aliphatic heterocycles. The molecule has 1 aromatic carbocycles. The van der Waals surface area contributed by atoms with Gasteiger partial charge in [-0.1, -0.05) is 6.07 Å². The van der Waals surface area contributed by atoms with Gasteiger partial charge in [-0.25, -0.2) is 9.78 Å². The number of ether oxygens (including phenoxy) is 1. The summed E-state index contributed by atoms with van der Waals surface area (Å²) in [5.41, 5.74) is 1.19. The highest BCUT2D eigenvalue weighted by Gasteiger charge is 2.23. The molecule has 0 atom stereocenters. The van der Waals surface area contributed by atoms with Gasteiger partial charge in [-0.15, -0.1) is 0 Å². The zero-order valence-electron chi connectivity index (χ0n) is 17.0. The quantitative estimate of drug-likeness (QED) is 0.422. The summed E-state index contributed by atoms with van der Waals surface area (Å²) in [4.78, 5) is 43.5. The number of carbonyl (C=O) groups excluding carboxylic acids is 2. The highest BCUT2D eigenvalue weighted by Crippen LogP contribution is 2.21. The average Bonchev–Trinajstić information content (AvgIpc) is 3.00. The van der Waals surface area contributed by atoms with Crippen molar-refractivity contribution >= 4 is 23.4 Å². The van der Waals surface area contributed by atoms with Gasteiger partial charge in [0.1, 0.15) is 5.82 Å². The van der Waals surface area contributed by atoms with Crippen LogP contribution in [-0.2, 0) is 4.74 Å². The van der Waals surface area contributed by atoms with Crippen molar-refractivity contribution < 1.29 is 19.2 Å². The van der Waals surface area contributed by atoms with Crippen LogP contribution in [-0.4, -0.2) is 59.5 Å². The number of benzene rings is 1. The molecule has 0 bridgehead atoms. The highest BCUT2D eigenvalue weighted by molar-refractivity contribution is 5.95. The molecule has 0 spiro atoms. The molecule has 0 radical (unpaired) electrons. The maximum absolute atomic E-state index is 12.9. The molecule has 1 saturated heterocycles. The smallest absolute Gasteiger partial charge is 0.339 e. The molecule has 2 heterocycles. The predicted molar refractivity (Wildman–Crippen MR) is 111 cm³/mol. The minimum absolute atomic E-state index is 0.0526. The van der Waals surface area contributed by atoms with Crippen LogP contribution in [0.4, 0.5) is 11.5 Å². The molecule has 158 valence electrons. The number of esters is 1.